The van der Waals surface area contributed by atoms with E-state index in [-0.39, 0.29) is 17.5 Å². The third-order valence-electron chi connectivity index (χ3n) is 3.05. The molecule has 118 valence electrons. The van der Waals surface area contributed by atoms with Crippen molar-refractivity contribution in [2.75, 3.05) is 20.8 Å². The number of nitrogens with one attached hydrogen (secondary N) is 1. The van der Waals surface area contributed by atoms with Gasteiger partial charge in [-0.1, -0.05) is 0 Å². The van der Waals surface area contributed by atoms with Crippen molar-refractivity contribution >= 4 is 17.5 Å². The first-order valence-electron chi connectivity index (χ1n) is 6.48. The first kappa shape index (κ1) is 16.2. The molecule has 0 radical (unpaired) electrons. The molecule has 0 saturated heterocycles. The van der Waals surface area contributed by atoms with E-state index in [2.05, 4.69) is 5.32 Å². The highest BCUT2D eigenvalue weighted by atomic mass is 35.5. The highest BCUT2D eigenvalue weighted by Crippen LogP contribution is 2.29. The summed E-state index contributed by atoms with van der Waals surface area (Å²) in [4.78, 5) is 11.8. The lowest BCUT2D eigenvalue weighted by molar-refractivity contribution is 0.0887. The largest absolute Gasteiger partial charge is 0.497 e. The molecule has 2 rings (SSSR count). The van der Waals surface area contributed by atoms with E-state index in [1.807, 2.05) is 0 Å². The summed E-state index contributed by atoms with van der Waals surface area (Å²) in [7, 11) is 3.03. The molecule has 0 spiro atoms. The van der Waals surface area contributed by atoms with Crippen LogP contribution in [-0.2, 0) is 0 Å². The normalized spacial score (nSPS) is 11.8. The van der Waals surface area contributed by atoms with Gasteiger partial charge in [-0.2, -0.15) is 0 Å². The smallest absolute Gasteiger partial charge is 0.287 e. The number of halogens is 1. The van der Waals surface area contributed by atoms with Gasteiger partial charge < -0.3 is 24.3 Å². The van der Waals surface area contributed by atoms with Crippen LogP contribution >= 0.6 is 11.6 Å². The monoisotopic (exact) mass is 325 g/mol. The topological polar surface area (TPSA) is 80.9 Å². The van der Waals surface area contributed by atoms with E-state index in [0.29, 0.717) is 17.1 Å². The van der Waals surface area contributed by atoms with Gasteiger partial charge in [-0.05, 0) is 41.9 Å². The van der Waals surface area contributed by atoms with Gasteiger partial charge in [0.2, 0.25) is 0 Å². The number of benzene rings is 1. The number of methoxy groups -OCH3 is 2. The summed E-state index contributed by atoms with van der Waals surface area (Å²) in [5.74, 6) is 0.699. The fraction of sp³-hybridized carbons (Fsp3) is 0.267. The Morgan fingerprint density at radius 2 is 2.09 bits per heavy atom. The minimum Gasteiger partial charge on any atom is -0.497 e. The molecule has 0 aliphatic rings. The number of rotatable bonds is 6. The number of ether oxygens (including phenoxy) is 2. The molecule has 0 bridgehead atoms. The molecule has 7 heteroatoms. The fourth-order valence-corrected chi connectivity index (χ4v) is 2.07. The molecule has 1 atom stereocenters. The van der Waals surface area contributed by atoms with Crippen molar-refractivity contribution in [2.24, 2.45) is 0 Å². The summed E-state index contributed by atoms with van der Waals surface area (Å²) in [6.07, 6.45) is -0.959. The Balaban J connectivity index is 2.05. The number of aliphatic hydroxyl groups excluding tert-OH is 1. The van der Waals surface area contributed by atoms with Gasteiger partial charge in [0.1, 0.15) is 17.6 Å². The van der Waals surface area contributed by atoms with Crippen LogP contribution in [0.3, 0.4) is 0 Å². The molecule has 1 heterocycles. The minimum atomic E-state index is -0.959. The molecule has 1 aromatic carbocycles. The molecule has 1 unspecified atom stereocenters. The average molecular weight is 326 g/mol. The van der Waals surface area contributed by atoms with Crippen LogP contribution in [0, 0.1) is 0 Å². The van der Waals surface area contributed by atoms with Gasteiger partial charge in [-0.15, -0.1) is 0 Å². The average Bonchev–Trinajstić information content (AvgIpc) is 2.98. The van der Waals surface area contributed by atoms with Gasteiger partial charge in [0.15, 0.2) is 11.0 Å². The van der Waals surface area contributed by atoms with Crippen molar-refractivity contribution < 1.29 is 23.8 Å². The first-order chi connectivity index (χ1) is 10.5. The predicted molar refractivity (Wildman–Crippen MR) is 80.6 cm³/mol. The lowest BCUT2D eigenvalue weighted by atomic mass is 10.1. The second kappa shape index (κ2) is 7.20. The standard InChI is InChI=1S/C15H16ClNO5/c1-20-9-3-4-12(21-2)10(7-9)11(18)8-17-15(19)13-5-6-14(16)22-13/h3-7,11,18H,8H2,1-2H3,(H,17,19). The van der Waals surface area contributed by atoms with Crippen molar-refractivity contribution in [3.63, 3.8) is 0 Å². The zero-order chi connectivity index (χ0) is 16.1. The van der Waals surface area contributed by atoms with E-state index in [0.717, 1.165) is 0 Å². The summed E-state index contributed by atoms with van der Waals surface area (Å²) in [6, 6.07) is 7.98. The zero-order valence-electron chi connectivity index (χ0n) is 12.1. The van der Waals surface area contributed by atoms with Crippen LogP contribution in [-0.4, -0.2) is 31.8 Å². The second-order valence-corrected chi connectivity index (χ2v) is 4.81. The molecule has 2 N–H and O–H groups in total. The Kier molecular flexibility index (Phi) is 5.30. The van der Waals surface area contributed by atoms with E-state index in [9.17, 15) is 9.90 Å². The van der Waals surface area contributed by atoms with Gasteiger partial charge in [-0.3, -0.25) is 4.79 Å². The number of aliphatic hydroxyl groups is 1. The molecule has 1 aromatic heterocycles. The van der Waals surface area contributed by atoms with E-state index >= 15 is 0 Å². The molecule has 0 saturated carbocycles. The van der Waals surface area contributed by atoms with Crippen LogP contribution in [0.5, 0.6) is 11.5 Å². The molecule has 1 amide bonds. The molecule has 6 nitrogen and oxygen atoms in total. The quantitative estimate of drug-likeness (QED) is 0.852. The van der Waals surface area contributed by atoms with E-state index < -0.39 is 12.0 Å². The van der Waals surface area contributed by atoms with Gasteiger partial charge in [0, 0.05) is 12.1 Å². The molecule has 2 aromatic rings. The van der Waals surface area contributed by atoms with Gasteiger partial charge in [0.05, 0.1) is 14.2 Å². The third-order valence-corrected chi connectivity index (χ3v) is 3.25. The fourth-order valence-electron chi connectivity index (χ4n) is 1.92. The number of hydrogen-bond donors (Lipinski definition) is 2. The Morgan fingerprint density at radius 3 is 2.68 bits per heavy atom. The maximum absolute atomic E-state index is 11.8. The van der Waals surface area contributed by atoms with Gasteiger partial charge in [0.25, 0.3) is 5.91 Å². The highest BCUT2D eigenvalue weighted by molar-refractivity contribution is 6.29. The van der Waals surface area contributed by atoms with Gasteiger partial charge >= 0.3 is 0 Å². The number of furan rings is 1. The molecular formula is C15H16ClNO5. The summed E-state index contributed by atoms with van der Waals surface area (Å²) in [6.45, 7) is -0.0132. The Morgan fingerprint density at radius 1 is 1.32 bits per heavy atom. The van der Waals surface area contributed by atoms with Crippen LogP contribution in [0.2, 0.25) is 5.22 Å². The second-order valence-electron chi connectivity index (χ2n) is 4.44. The highest BCUT2D eigenvalue weighted by Gasteiger charge is 2.17. The van der Waals surface area contributed by atoms with E-state index in [1.165, 1.54) is 26.4 Å². The van der Waals surface area contributed by atoms with Crippen LogP contribution in [0.4, 0.5) is 0 Å². The van der Waals surface area contributed by atoms with E-state index in [4.69, 9.17) is 25.5 Å². The van der Waals surface area contributed by atoms with E-state index in [1.54, 1.807) is 18.2 Å². The van der Waals surface area contributed by atoms with Crippen LogP contribution in [0.1, 0.15) is 22.2 Å². The van der Waals surface area contributed by atoms with Crippen molar-refractivity contribution in [2.45, 2.75) is 6.10 Å². The number of amides is 1. The van der Waals surface area contributed by atoms with Crippen molar-refractivity contribution in [1.29, 1.82) is 0 Å². The zero-order valence-corrected chi connectivity index (χ0v) is 12.9. The Bertz CT molecular complexity index is 655. The predicted octanol–water partition coefficient (Wildman–Crippen LogP) is 2.41. The summed E-state index contributed by atoms with van der Waals surface area (Å²) >= 11 is 5.61. The molecule has 0 aliphatic heterocycles. The van der Waals surface area contributed by atoms with Gasteiger partial charge in [-0.25, -0.2) is 0 Å². The van der Waals surface area contributed by atoms with Crippen LogP contribution in [0.15, 0.2) is 34.7 Å². The SMILES string of the molecule is COc1ccc(OC)c(C(O)CNC(=O)c2ccc(Cl)o2)c1. The molecular weight excluding hydrogens is 310 g/mol. The van der Waals surface area contributed by atoms with Crippen molar-refractivity contribution in [1.82, 2.24) is 5.32 Å². The molecule has 0 fully saturated rings. The lowest BCUT2D eigenvalue weighted by Gasteiger charge is -2.16. The number of carbonyl (C=O) groups is 1. The van der Waals surface area contributed by atoms with Crippen LogP contribution < -0.4 is 14.8 Å². The number of carbonyl (C=O) groups excluding carboxylic acids is 1. The Hall–Kier alpha value is -2.18. The van der Waals surface area contributed by atoms with Crippen LogP contribution in [0.25, 0.3) is 0 Å². The number of hydrogen-bond acceptors (Lipinski definition) is 5. The van der Waals surface area contributed by atoms with Crippen molar-refractivity contribution in [3.05, 3.63) is 46.9 Å². The maximum atomic E-state index is 11.8. The molecule has 22 heavy (non-hydrogen) atoms. The maximum Gasteiger partial charge on any atom is 0.287 e. The lowest BCUT2D eigenvalue weighted by Crippen LogP contribution is -2.28. The summed E-state index contributed by atoms with van der Waals surface area (Å²) in [5.41, 5.74) is 0.514. The molecule has 0 aliphatic carbocycles. The van der Waals surface area contributed by atoms with Crippen molar-refractivity contribution in [3.8, 4) is 11.5 Å². The first-order valence-corrected chi connectivity index (χ1v) is 6.86. The summed E-state index contributed by atoms with van der Waals surface area (Å²) in [5, 5.41) is 12.9. The summed E-state index contributed by atoms with van der Waals surface area (Å²) < 4.78 is 15.3. The Labute approximate surface area is 132 Å². The third kappa shape index (κ3) is 3.72. The minimum absolute atomic E-state index is 0.0132.